The van der Waals surface area contributed by atoms with E-state index in [0.717, 1.165) is 5.56 Å². The van der Waals surface area contributed by atoms with Crippen molar-refractivity contribution in [2.75, 3.05) is 11.1 Å². The number of hydrogen-bond donors (Lipinski definition) is 1. The van der Waals surface area contributed by atoms with Crippen molar-refractivity contribution in [1.82, 2.24) is 0 Å². The van der Waals surface area contributed by atoms with Crippen molar-refractivity contribution < 1.29 is 13.7 Å². The van der Waals surface area contributed by atoms with Gasteiger partial charge in [0.05, 0.1) is 32.9 Å². The number of carbonyl (C=O) groups is 1. The highest BCUT2D eigenvalue weighted by molar-refractivity contribution is 7.85. The molecule has 29 heavy (non-hydrogen) atoms. The Hall–Kier alpha value is -3.43. The molecular formula is C23H20N2O3S. The molecule has 0 aliphatic rings. The number of anilines is 1. The van der Waals surface area contributed by atoms with Crippen molar-refractivity contribution in [2.45, 2.75) is 18.4 Å². The number of nitriles is 1. The summed E-state index contributed by atoms with van der Waals surface area (Å²) in [5, 5.41) is 11.8. The Morgan fingerprint density at radius 1 is 1.07 bits per heavy atom. The van der Waals surface area contributed by atoms with Crippen molar-refractivity contribution in [1.29, 1.82) is 5.26 Å². The predicted molar refractivity (Wildman–Crippen MR) is 113 cm³/mol. The van der Waals surface area contributed by atoms with Gasteiger partial charge in [-0.3, -0.25) is 9.00 Å². The Morgan fingerprint density at radius 3 is 2.66 bits per heavy atom. The van der Waals surface area contributed by atoms with Crippen LogP contribution in [0.15, 0.2) is 77.7 Å². The fourth-order valence-corrected chi connectivity index (χ4v) is 3.72. The average Bonchev–Trinajstić information content (AvgIpc) is 2.77. The summed E-state index contributed by atoms with van der Waals surface area (Å²) in [6.45, 7) is 2.13. The summed E-state index contributed by atoms with van der Waals surface area (Å²) < 4.78 is 18.0. The maximum Gasteiger partial charge on any atom is 0.256 e. The second kappa shape index (κ2) is 9.67. The van der Waals surface area contributed by atoms with Gasteiger partial charge >= 0.3 is 0 Å². The van der Waals surface area contributed by atoms with E-state index in [4.69, 9.17) is 10.00 Å². The molecule has 1 unspecified atom stereocenters. The number of carbonyl (C=O) groups excluding carboxylic acids is 1. The van der Waals surface area contributed by atoms with Gasteiger partial charge in [-0.05, 0) is 42.0 Å². The summed E-state index contributed by atoms with van der Waals surface area (Å²) in [6, 6.07) is 23.3. The number of amides is 1. The summed E-state index contributed by atoms with van der Waals surface area (Å²) in [5.41, 5.74) is 2.44. The highest BCUT2D eigenvalue weighted by Crippen LogP contribution is 2.21. The zero-order chi connectivity index (χ0) is 20.6. The van der Waals surface area contributed by atoms with Gasteiger partial charge < -0.3 is 10.1 Å². The molecule has 3 rings (SSSR count). The second-order valence-corrected chi connectivity index (χ2v) is 7.92. The van der Waals surface area contributed by atoms with Gasteiger partial charge in [-0.2, -0.15) is 5.26 Å². The van der Waals surface area contributed by atoms with Crippen molar-refractivity contribution >= 4 is 22.4 Å². The van der Waals surface area contributed by atoms with Gasteiger partial charge in [0.1, 0.15) is 12.4 Å². The van der Waals surface area contributed by atoms with Crippen molar-refractivity contribution in [3.63, 3.8) is 0 Å². The number of rotatable bonds is 7. The predicted octanol–water partition coefficient (Wildman–Crippen LogP) is 4.52. The van der Waals surface area contributed by atoms with Crippen molar-refractivity contribution in [2.24, 2.45) is 0 Å². The highest BCUT2D eigenvalue weighted by atomic mass is 32.2. The third kappa shape index (κ3) is 5.31. The lowest BCUT2D eigenvalue weighted by Gasteiger charge is -2.11. The molecule has 0 aromatic heterocycles. The summed E-state index contributed by atoms with van der Waals surface area (Å²) in [6.07, 6.45) is 0. The molecular weight excluding hydrogens is 384 g/mol. The third-order valence-corrected chi connectivity index (χ3v) is 5.56. The zero-order valence-corrected chi connectivity index (χ0v) is 16.7. The zero-order valence-electron chi connectivity index (χ0n) is 15.9. The van der Waals surface area contributed by atoms with Crippen LogP contribution in [-0.4, -0.2) is 15.9 Å². The fraction of sp³-hybridized carbons (Fsp3) is 0.130. The quantitative estimate of drug-likeness (QED) is 0.628. The van der Waals surface area contributed by atoms with E-state index in [1.165, 1.54) is 0 Å². The summed E-state index contributed by atoms with van der Waals surface area (Å²) in [7, 11) is -1.22. The van der Waals surface area contributed by atoms with Crippen LogP contribution in [0.2, 0.25) is 0 Å². The lowest BCUT2D eigenvalue weighted by molar-refractivity contribution is 0.102. The Kier molecular flexibility index (Phi) is 6.77. The lowest BCUT2D eigenvalue weighted by atomic mass is 10.1. The van der Waals surface area contributed by atoms with Crippen LogP contribution in [0, 0.1) is 11.3 Å². The molecule has 1 atom stereocenters. The number of nitrogens with zero attached hydrogens (tertiary/aromatic N) is 1. The Labute approximate surface area is 172 Å². The highest BCUT2D eigenvalue weighted by Gasteiger charge is 2.15. The van der Waals surface area contributed by atoms with E-state index in [1.54, 1.807) is 60.7 Å². The average molecular weight is 404 g/mol. The standard InChI is InChI=1S/C23H20N2O3S/c1-2-29(27)22-12-4-3-11-21(22)23(26)25-19-9-6-10-20(14-19)28-16-18-8-5-7-17(13-18)15-24/h3-14H,2,16H2,1H3,(H,25,26). The lowest BCUT2D eigenvalue weighted by Crippen LogP contribution is -2.15. The number of nitrogens with one attached hydrogen (secondary N) is 1. The minimum Gasteiger partial charge on any atom is -0.489 e. The maximum atomic E-state index is 12.7. The van der Waals surface area contributed by atoms with Crippen LogP contribution in [-0.2, 0) is 17.4 Å². The van der Waals surface area contributed by atoms with Gasteiger partial charge in [-0.1, -0.05) is 37.3 Å². The van der Waals surface area contributed by atoms with Crippen LogP contribution in [0.1, 0.15) is 28.4 Å². The van der Waals surface area contributed by atoms with Crippen molar-refractivity contribution in [3.05, 3.63) is 89.5 Å². The normalized spacial score (nSPS) is 11.3. The number of ether oxygens (including phenoxy) is 1. The first-order valence-corrected chi connectivity index (χ1v) is 10.4. The summed E-state index contributed by atoms with van der Waals surface area (Å²) in [4.78, 5) is 13.2. The van der Waals surface area contributed by atoms with Gasteiger partial charge in [0.15, 0.2) is 0 Å². The minimum absolute atomic E-state index is 0.311. The van der Waals surface area contributed by atoms with E-state index < -0.39 is 10.8 Å². The van der Waals surface area contributed by atoms with E-state index in [2.05, 4.69) is 11.4 Å². The van der Waals surface area contributed by atoms with Gasteiger partial charge in [-0.25, -0.2) is 0 Å². The van der Waals surface area contributed by atoms with Gasteiger partial charge in [0.25, 0.3) is 5.91 Å². The number of hydrogen-bond acceptors (Lipinski definition) is 4. The molecule has 0 saturated carbocycles. The van der Waals surface area contributed by atoms with Crippen LogP contribution >= 0.6 is 0 Å². The molecule has 1 amide bonds. The number of benzene rings is 3. The first-order valence-electron chi connectivity index (χ1n) is 9.11. The maximum absolute atomic E-state index is 12.7. The van der Waals surface area contributed by atoms with E-state index in [1.807, 2.05) is 19.1 Å². The molecule has 0 fully saturated rings. The minimum atomic E-state index is -1.22. The monoisotopic (exact) mass is 404 g/mol. The third-order valence-electron chi connectivity index (χ3n) is 4.19. The first kappa shape index (κ1) is 20.3. The van der Waals surface area contributed by atoms with Crippen LogP contribution in [0.4, 0.5) is 5.69 Å². The molecule has 6 heteroatoms. The van der Waals surface area contributed by atoms with Crippen LogP contribution in [0.5, 0.6) is 5.75 Å². The molecule has 3 aromatic rings. The van der Waals surface area contributed by atoms with E-state index in [0.29, 0.717) is 39.8 Å². The van der Waals surface area contributed by atoms with Crippen LogP contribution in [0.25, 0.3) is 0 Å². The topological polar surface area (TPSA) is 79.2 Å². The Bertz CT molecular complexity index is 1090. The fourth-order valence-electron chi connectivity index (χ4n) is 2.77. The van der Waals surface area contributed by atoms with E-state index >= 15 is 0 Å². The van der Waals surface area contributed by atoms with Gasteiger partial charge in [-0.15, -0.1) is 0 Å². The Balaban J connectivity index is 1.71. The molecule has 0 aliphatic heterocycles. The van der Waals surface area contributed by atoms with E-state index in [-0.39, 0.29) is 5.91 Å². The van der Waals surface area contributed by atoms with Crippen LogP contribution < -0.4 is 10.1 Å². The largest absolute Gasteiger partial charge is 0.489 e. The molecule has 0 saturated heterocycles. The first-order chi connectivity index (χ1) is 14.1. The van der Waals surface area contributed by atoms with Gasteiger partial charge in [0, 0.05) is 17.5 Å². The second-order valence-electron chi connectivity index (χ2n) is 6.21. The molecule has 3 aromatic carbocycles. The SMILES string of the molecule is CCS(=O)c1ccccc1C(=O)Nc1cccc(OCc2cccc(C#N)c2)c1. The Morgan fingerprint density at radius 2 is 1.86 bits per heavy atom. The van der Waals surface area contributed by atoms with E-state index in [9.17, 15) is 9.00 Å². The van der Waals surface area contributed by atoms with Crippen molar-refractivity contribution in [3.8, 4) is 11.8 Å². The van der Waals surface area contributed by atoms with Gasteiger partial charge in [0.2, 0.25) is 0 Å². The molecule has 0 aliphatic carbocycles. The molecule has 1 N–H and O–H groups in total. The smallest absolute Gasteiger partial charge is 0.256 e. The molecule has 146 valence electrons. The molecule has 0 heterocycles. The molecule has 0 spiro atoms. The van der Waals surface area contributed by atoms with Crippen LogP contribution in [0.3, 0.4) is 0 Å². The summed E-state index contributed by atoms with van der Waals surface area (Å²) in [5.74, 6) is 0.720. The summed E-state index contributed by atoms with van der Waals surface area (Å²) >= 11 is 0. The molecule has 5 nitrogen and oxygen atoms in total. The molecule has 0 radical (unpaired) electrons. The molecule has 0 bridgehead atoms.